The van der Waals surface area contributed by atoms with Gasteiger partial charge in [-0.25, -0.2) is 0 Å². The number of halogens is 3. The molecule has 6 nitrogen and oxygen atoms in total. The van der Waals surface area contributed by atoms with Crippen LogP contribution in [0.4, 0.5) is 5.69 Å². The summed E-state index contributed by atoms with van der Waals surface area (Å²) in [7, 11) is 0. The molecular formula is C16H10Cl3N3O3. The SMILES string of the molecule is O=C(Nc1cc(Oc2ccc(Cl)cc2Cl)c(O)cc1Cl)c1cn[nH]c1. The van der Waals surface area contributed by atoms with E-state index in [1.165, 1.54) is 30.6 Å². The second-order valence-electron chi connectivity index (χ2n) is 4.92. The van der Waals surface area contributed by atoms with Gasteiger partial charge in [0, 0.05) is 23.4 Å². The number of hydrogen-bond acceptors (Lipinski definition) is 4. The first-order valence-electron chi connectivity index (χ1n) is 6.89. The number of aromatic hydroxyl groups is 1. The van der Waals surface area contributed by atoms with Gasteiger partial charge in [-0.2, -0.15) is 5.10 Å². The number of nitrogens with one attached hydrogen (secondary N) is 2. The predicted octanol–water partition coefficient (Wildman–Crippen LogP) is 5.12. The van der Waals surface area contributed by atoms with Gasteiger partial charge in [0.15, 0.2) is 11.5 Å². The minimum absolute atomic E-state index is 0.0658. The number of ether oxygens (including phenoxy) is 1. The number of phenolic OH excluding ortho intramolecular Hbond substituents is 1. The number of carbonyl (C=O) groups is 1. The zero-order valence-corrected chi connectivity index (χ0v) is 14.7. The van der Waals surface area contributed by atoms with E-state index in [1.54, 1.807) is 12.1 Å². The van der Waals surface area contributed by atoms with Crippen molar-refractivity contribution in [3.8, 4) is 17.2 Å². The van der Waals surface area contributed by atoms with Crippen molar-refractivity contribution in [3.63, 3.8) is 0 Å². The van der Waals surface area contributed by atoms with E-state index >= 15 is 0 Å². The Morgan fingerprint density at radius 3 is 2.60 bits per heavy atom. The summed E-state index contributed by atoms with van der Waals surface area (Å²) in [6.07, 6.45) is 2.81. The molecule has 3 aromatic rings. The molecule has 128 valence electrons. The van der Waals surface area contributed by atoms with Gasteiger partial charge in [0.25, 0.3) is 5.91 Å². The van der Waals surface area contributed by atoms with Gasteiger partial charge in [0.1, 0.15) is 5.75 Å². The Bertz CT molecular complexity index is 930. The van der Waals surface area contributed by atoms with Crippen LogP contribution < -0.4 is 10.1 Å². The van der Waals surface area contributed by atoms with Gasteiger partial charge in [-0.15, -0.1) is 0 Å². The number of hydrogen-bond donors (Lipinski definition) is 3. The molecular weight excluding hydrogens is 389 g/mol. The standard InChI is InChI=1S/C16H10Cl3N3O3/c17-9-1-2-14(11(19)3-9)25-15-5-12(10(18)4-13(15)23)22-16(24)8-6-20-21-7-8/h1-7,23H,(H,20,21)(H,22,24). The zero-order valence-electron chi connectivity index (χ0n) is 12.4. The van der Waals surface area contributed by atoms with Gasteiger partial charge >= 0.3 is 0 Å². The molecule has 0 aliphatic rings. The van der Waals surface area contributed by atoms with Crippen molar-refractivity contribution >= 4 is 46.4 Å². The normalized spacial score (nSPS) is 10.5. The first kappa shape index (κ1) is 17.4. The average Bonchev–Trinajstić information content (AvgIpc) is 3.08. The van der Waals surface area contributed by atoms with E-state index in [4.69, 9.17) is 39.5 Å². The maximum absolute atomic E-state index is 12.1. The Morgan fingerprint density at radius 1 is 1.12 bits per heavy atom. The Balaban J connectivity index is 1.88. The monoisotopic (exact) mass is 397 g/mol. The molecule has 0 radical (unpaired) electrons. The summed E-state index contributed by atoms with van der Waals surface area (Å²) in [4.78, 5) is 12.1. The summed E-state index contributed by atoms with van der Waals surface area (Å²) < 4.78 is 5.59. The van der Waals surface area contributed by atoms with E-state index in [-0.39, 0.29) is 33.0 Å². The summed E-state index contributed by atoms with van der Waals surface area (Å²) >= 11 is 18.0. The predicted molar refractivity (Wildman–Crippen MR) is 96.2 cm³/mol. The number of amides is 1. The quantitative estimate of drug-likeness (QED) is 0.532. The highest BCUT2D eigenvalue weighted by Crippen LogP contribution is 2.40. The maximum atomic E-state index is 12.1. The molecule has 3 N–H and O–H groups in total. The lowest BCUT2D eigenvalue weighted by molar-refractivity contribution is 0.102. The number of H-pyrrole nitrogens is 1. The van der Waals surface area contributed by atoms with Gasteiger partial charge in [-0.3, -0.25) is 9.89 Å². The number of aromatic amines is 1. The van der Waals surface area contributed by atoms with E-state index in [1.807, 2.05) is 0 Å². The molecule has 0 aliphatic heterocycles. The lowest BCUT2D eigenvalue weighted by atomic mass is 10.2. The van der Waals surface area contributed by atoms with Crippen LogP contribution in [0, 0.1) is 0 Å². The molecule has 0 aliphatic carbocycles. The lowest BCUT2D eigenvalue weighted by Gasteiger charge is -2.13. The van der Waals surface area contributed by atoms with Gasteiger partial charge in [-0.1, -0.05) is 34.8 Å². The van der Waals surface area contributed by atoms with Gasteiger partial charge in [0.2, 0.25) is 0 Å². The molecule has 0 saturated carbocycles. The number of nitrogens with zero attached hydrogens (tertiary/aromatic N) is 1. The lowest BCUT2D eigenvalue weighted by Crippen LogP contribution is -2.11. The number of phenols is 1. The molecule has 25 heavy (non-hydrogen) atoms. The molecule has 0 unspecified atom stereocenters. The van der Waals surface area contributed by atoms with Crippen molar-refractivity contribution in [2.45, 2.75) is 0 Å². The summed E-state index contributed by atoms with van der Waals surface area (Å²) in [6.45, 7) is 0. The fourth-order valence-electron chi connectivity index (χ4n) is 1.97. The molecule has 2 aromatic carbocycles. The maximum Gasteiger partial charge on any atom is 0.258 e. The van der Waals surface area contributed by atoms with Crippen LogP contribution in [-0.2, 0) is 0 Å². The number of aromatic nitrogens is 2. The number of benzene rings is 2. The molecule has 0 spiro atoms. The van der Waals surface area contributed by atoms with Gasteiger partial charge in [0.05, 0.1) is 27.5 Å². The molecule has 1 heterocycles. The average molecular weight is 399 g/mol. The van der Waals surface area contributed by atoms with Crippen LogP contribution in [0.5, 0.6) is 17.2 Å². The van der Waals surface area contributed by atoms with Crippen molar-refractivity contribution in [2.24, 2.45) is 0 Å². The molecule has 1 aromatic heterocycles. The van der Waals surface area contributed by atoms with Gasteiger partial charge in [-0.05, 0) is 18.2 Å². The topological polar surface area (TPSA) is 87.2 Å². The Morgan fingerprint density at radius 2 is 1.92 bits per heavy atom. The van der Waals surface area contributed by atoms with Crippen molar-refractivity contribution < 1.29 is 14.6 Å². The fourth-order valence-corrected chi connectivity index (χ4v) is 2.62. The van der Waals surface area contributed by atoms with Crippen LogP contribution in [-0.4, -0.2) is 21.2 Å². The first-order chi connectivity index (χ1) is 11.9. The molecule has 0 atom stereocenters. The van der Waals surface area contributed by atoms with E-state index < -0.39 is 5.91 Å². The molecule has 0 saturated heterocycles. The molecule has 1 amide bonds. The first-order valence-corrected chi connectivity index (χ1v) is 8.03. The third-order valence-corrected chi connectivity index (χ3v) is 4.01. The molecule has 0 fully saturated rings. The summed E-state index contributed by atoms with van der Waals surface area (Å²) in [5, 5.41) is 19.8. The number of carbonyl (C=O) groups excluding carboxylic acids is 1. The Labute approximate surface area is 157 Å². The van der Waals surface area contributed by atoms with Crippen LogP contribution >= 0.6 is 34.8 Å². The van der Waals surface area contributed by atoms with Crippen molar-refractivity contribution in [2.75, 3.05) is 5.32 Å². The third-order valence-electron chi connectivity index (χ3n) is 3.17. The van der Waals surface area contributed by atoms with Crippen LogP contribution in [0.25, 0.3) is 0 Å². The highest BCUT2D eigenvalue weighted by atomic mass is 35.5. The number of rotatable bonds is 4. The van der Waals surface area contributed by atoms with E-state index in [2.05, 4.69) is 15.5 Å². The second kappa shape index (κ2) is 7.23. The molecule has 3 rings (SSSR count). The summed E-state index contributed by atoms with van der Waals surface area (Å²) in [5.41, 5.74) is 0.582. The van der Waals surface area contributed by atoms with Gasteiger partial charge < -0.3 is 15.2 Å². The smallest absolute Gasteiger partial charge is 0.258 e. The largest absolute Gasteiger partial charge is 0.504 e. The van der Waals surface area contributed by atoms with Crippen molar-refractivity contribution in [3.05, 3.63) is 63.4 Å². The summed E-state index contributed by atoms with van der Waals surface area (Å²) in [6, 6.07) is 7.30. The highest BCUT2D eigenvalue weighted by molar-refractivity contribution is 6.35. The summed E-state index contributed by atoms with van der Waals surface area (Å²) in [5.74, 6) is -0.277. The minimum atomic E-state index is -0.420. The second-order valence-corrected chi connectivity index (χ2v) is 6.17. The van der Waals surface area contributed by atoms with Crippen LogP contribution in [0.15, 0.2) is 42.7 Å². The van der Waals surface area contributed by atoms with Crippen molar-refractivity contribution in [1.29, 1.82) is 0 Å². The van der Waals surface area contributed by atoms with Crippen molar-refractivity contribution in [1.82, 2.24) is 10.2 Å². The van der Waals surface area contributed by atoms with Crippen LogP contribution in [0.1, 0.15) is 10.4 Å². The third kappa shape index (κ3) is 3.99. The van der Waals surface area contributed by atoms with E-state index in [0.717, 1.165) is 0 Å². The Kier molecular flexibility index (Phi) is 5.03. The molecule has 0 bridgehead atoms. The highest BCUT2D eigenvalue weighted by Gasteiger charge is 2.15. The fraction of sp³-hybridized carbons (Fsp3) is 0. The van der Waals surface area contributed by atoms with Crippen LogP contribution in [0.2, 0.25) is 15.1 Å². The Hall–Kier alpha value is -2.41. The zero-order chi connectivity index (χ0) is 18.0. The number of anilines is 1. The van der Waals surface area contributed by atoms with E-state index in [0.29, 0.717) is 10.6 Å². The minimum Gasteiger partial charge on any atom is -0.504 e. The van der Waals surface area contributed by atoms with E-state index in [9.17, 15) is 9.90 Å². The van der Waals surface area contributed by atoms with Crippen LogP contribution in [0.3, 0.4) is 0 Å². The molecule has 9 heteroatoms.